The van der Waals surface area contributed by atoms with Crippen LogP contribution in [0.1, 0.15) is 35.7 Å². The van der Waals surface area contributed by atoms with Crippen LogP contribution in [0.15, 0.2) is 60.3 Å². The van der Waals surface area contributed by atoms with Crippen molar-refractivity contribution in [2.24, 2.45) is 0 Å². The smallest absolute Gasteiger partial charge is 0.340 e. The van der Waals surface area contributed by atoms with Gasteiger partial charge in [-0.15, -0.1) is 0 Å². The Morgan fingerprint density at radius 2 is 1.87 bits per heavy atom. The number of anilines is 1. The molecule has 7 heteroatoms. The highest BCUT2D eigenvalue weighted by Crippen LogP contribution is 2.18. The SMILES string of the molecule is CCCCOC(=O)c1ccccc1NC(=O)/C(C#N)=C\NCc1ccccc1OC. The molecule has 1 amide bonds. The van der Waals surface area contributed by atoms with Gasteiger partial charge in [0.1, 0.15) is 17.4 Å². The van der Waals surface area contributed by atoms with Crippen molar-refractivity contribution in [2.45, 2.75) is 26.3 Å². The average molecular weight is 407 g/mol. The highest BCUT2D eigenvalue weighted by Gasteiger charge is 2.16. The summed E-state index contributed by atoms with van der Waals surface area (Å²) in [5.41, 5.74) is 1.28. The first-order valence-electron chi connectivity index (χ1n) is 9.63. The number of ether oxygens (including phenoxy) is 2. The van der Waals surface area contributed by atoms with Gasteiger partial charge in [0, 0.05) is 18.3 Å². The van der Waals surface area contributed by atoms with E-state index in [0.717, 1.165) is 18.4 Å². The Balaban J connectivity index is 2.05. The summed E-state index contributed by atoms with van der Waals surface area (Å²) in [7, 11) is 1.58. The number of nitriles is 1. The van der Waals surface area contributed by atoms with Crippen molar-refractivity contribution in [1.82, 2.24) is 5.32 Å². The third-order valence-corrected chi connectivity index (χ3v) is 4.22. The molecule has 0 radical (unpaired) electrons. The van der Waals surface area contributed by atoms with Crippen LogP contribution in [0.3, 0.4) is 0 Å². The second kappa shape index (κ2) is 11.9. The number of methoxy groups -OCH3 is 1. The lowest BCUT2D eigenvalue weighted by Crippen LogP contribution is -2.19. The van der Waals surface area contributed by atoms with Crippen LogP contribution in [0, 0.1) is 11.3 Å². The zero-order chi connectivity index (χ0) is 21.8. The van der Waals surface area contributed by atoms with Crippen molar-refractivity contribution in [3.8, 4) is 11.8 Å². The van der Waals surface area contributed by atoms with E-state index in [1.807, 2.05) is 37.3 Å². The van der Waals surface area contributed by atoms with E-state index in [1.165, 1.54) is 6.20 Å². The fourth-order valence-corrected chi connectivity index (χ4v) is 2.61. The molecule has 0 saturated carbocycles. The summed E-state index contributed by atoms with van der Waals surface area (Å²) in [5, 5.41) is 14.9. The largest absolute Gasteiger partial charge is 0.496 e. The predicted octanol–water partition coefficient (Wildman–Crippen LogP) is 3.79. The van der Waals surface area contributed by atoms with Gasteiger partial charge in [0.15, 0.2) is 0 Å². The van der Waals surface area contributed by atoms with Crippen molar-refractivity contribution in [3.05, 3.63) is 71.4 Å². The first-order chi connectivity index (χ1) is 14.6. The van der Waals surface area contributed by atoms with Crippen molar-refractivity contribution in [2.75, 3.05) is 19.0 Å². The molecule has 2 aromatic rings. The van der Waals surface area contributed by atoms with Gasteiger partial charge in [-0.1, -0.05) is 43.7 Å². The van der Waals surface area contributed by atoms with Crippen molar-refractivity contribution in [3.63, 3.8) is 0 Å². The quantitative estimate of drug-likeness (QED) is 0.269. The monoisotopic (exact) mass is 407 g/mol. The van der Waals surface area contributed by atoms with E-state index in [4.69, 9.17) is 9.47 Å². The van der Waals surface area contributed by atoms with Crippen LogP contribution in [0.4, 0.5) is 5.69 Å². The number of amides is 1. The summed E-state index contributed by atoms with van der Waals surface area (Å²) in [5.74, 6) is -0.438. The van der Waals surface area contributed by atoms with Crippen molar-refractivity contribution in [1.29, 1.82) is 5.26 Å². The van der Waals surface area contributed by atoms with E-state index in [2.05, 4.69) is 10.6 Å². The Kier molecular flexibility index (Phi) is 8.94. The van der Waals surface area contributed by atoms with Crippen molar-refractivity contribution < 1.29 is 19.1 Å². The Morgan fingerprint density at radius 3 is 2.60 bits per heavy atom. The number of nitrogens with zero attached hydrogens (tertiary/aromatic N) is 1. The molecule has 0 spiro atoms. The van der Waals surface area contributed by atoms with Crippen LogP contribution < -0.4 is 15.4 Å². The maximum Gasteiger partial charge on any atom is 0.340 e. The molecule has 2 N–H and O–H groups in total. The second-order valence-electron chi connectivity index (χ2n) is 6.35. The minimum atomic E-state index is -0.626. The number of carbonyl (C=O) groups is 2. The Bertz CT molecular complexity index is 947. The standard InChI is InChI=1S/C23H25N3O4/c1-3-4-13-30-23(28)19-10-6-7-11-20(19)26-22(27)18(14-24)16-25-15-17-9-5-8-12-21(17)29-2/h5-12,16,25H,3-4,13,15H2,1-2H3,(H,26,27)/b18-16-. The molecule has 0 aliphatic carbocycles. The molecule has 0 aliphatic heterocycles. The number of para-hydroxylation sites is 2. The Morgan fingerprint density at radius 1 is 1.13 bits per heavy atom. The van der Waals surface area contributed by atoms with Gasteiger partial charge in [-0.05, 0) is 24.6 Å². The first-order valence-corrected chi connectivity index (χ1v) is 9.63. The molecular formula is C23H25N3O4. The van der Waals surface area contributed by atoms with Gasteiger partial charge in [0.05, 0.1) is 25.0 Å². The molecule has 0 aliphatic rings. The minimum absolute atomic E-state index is 0.126. The van der Waals surface area contributed by atoms with Crippen LogP contribution in [0.25, 0.3) is 0 Å². The van der Waals surface area contributed by atoms with E-state index < -0.39 is 11.9 Å². The van der Waals surface area contributed by atoms with E-state index in [0.29, 0.717) is 18.9 Å². The normalized spacial score (nSPS) is 10.6. The summed E-state index contributed by atoms with van der Waals surface area (Å²) in [6.45, 7) is 2.69. The molecule has 0 unspecified atom stereocenters. The first kappa shape index (κ1) is 22.5. The molecule has 0 heterocycles. The molecule has 2 aromatic carbocycles. The van der Waals surface area contributed by atoms with E-state index in [9.17, 15) is 14.9 Å². The zero-order valence-electron chi connectivity index (χ0n) is 17.1. The molecule has 30 heavy (non-hydrogen) atoms. The van der Waals surface area contributed by atoms with Crippen LogP contribution in [0.2, 0.25) is 0 Å². The maximum absolute atomic E-state index is 12.5. The van der Waals surface area contributed by atoms with Crippen LogP contribution >= 0.6 is 0 Å². The highest BCUT2D eigenvalue weighted by atomic mass is 16.5. The molecule has 0 saturated heterocycles. The number of hydrogen-bond donors (Lipinski definition) is 2. The zero-order valence-corrected chi connectivity index (χ0v) is 17.1. The summed E-state index contributed by atoms with van der Waals surface area (Å²) in [6.07, 6.45) is 3.01. The second-order valence-corrected chi connectivity index (χ2v) is 6.35. The van der Waals surface area contributed by atoms with Gasteiger partial charge in [0.25, 0.3) is 5.91 Å². The van der Waals surface area contributed by atoms with Crippen LogP contribution in [0.5, 0.6) is 5.75 Å². The number of benzene rings is 2. The summed E-state index contributed by atoms with van der Waals surface area (Å²) in [6, 6.07) is 15.8. The van der Waals surface area contributed by atoms with Crippen LogP contribution in [-0.2, 0) is 16.1 Å². The number of hydrogen-bond acceptors (Lipinski definition) is 6. The Labute approximate surface area is 176 Å². The van der Waals surface area contributed by atoms with E-state index in [1.54, 1.807) is 31.4 Å². The van der Waals surface area contributed by atoms with Gasteiger partial charge in [-0.3, -0.25) is 4.79 Å². The molecule has 7 nitrogen and oxygen atoms in total. The number of esters is 1. The van der Waals surface area contributed by atoms with Gasteiger partial charge >= 0.3 is 5.97 Å². The summed E-state index contributed by atoms with van der Waals surface area (Å²) in [4.78, 5) is 24.8. The molecule has 0 aromatic heterocycles. The Hall–Kier alpha value is -3.79. The molecule has 156 valence electrons. The maximum atomic E-state index is 12.5. The third-order valence-electron chi connectivity index (χ3n) is 4.22. The lowest BCUT2D eigenvalue weighted by atomic mass is 10.1. The number of rotatable bonds is 10. The molecule has 0 atom stereocenters. The highest BCUT2D eigenvalue weighted by molar-refractivity contribution is 6.09. The average Bonchev–Trinajstić information content (AvgIpc) is 2.77. The molecule has 2 rings (SSSR count). The number of carbonyl (C=O) groups excluding carboxylic acids is 2. The van der Waals surface area contributed by atoms with Gasteiger partial charge in [-0.25, -0.2) is 4.79 Å². The fourth-order valence-electron chi connectivity index (χ4n) is 2.61. The third kappa shape index (κ3) is 6.38. The molecular weight excluding hydrogens is 382 g/mol. The van der Waals surface area contributed by atoms with Crippen molar-refractivity contribution >= 4 is 17.6 Å². The van der Waals surface area contributed by atoms with E-state index >= 15 is 0 Å². The fraction of sp³-hybridized carbons (Fsp3) is 0.261. The molecule has 0 fully saturated rings. The summed E-state index contributed by atoms with van der Waals surface area (Å²) < 4.78 is 10.5. The topological polar surface area (TPSA) is 100 Å². The predicted molar refractivity (Wildman–Crippen MR) is 114 cm³/mol. The van der Waals surface area contributed by atoms with Gasteiger partial charge in [0.2, 0.25) is 0 Å². The summed E-state index contributed by atoms with van der Waals surface area (Å²) >= 11 is 0. The van der Waals surface area contributed by atoms with Crippen LogP contribution in [-0.4, -0.2) is 25.6 Å². The van der Waals surface area contributed by atoms with Gasteiger partial charge < -0.3 is 20.1 Å². The number of unbranched alkanes of at least 4 members (excludes halogenated alkanes) is 1. The molecule has 0 bridgehead atoms. The minimum Gasteiger partial charge on any atom is -0.496 e. The van der Waals surface area contributed by atoms with E-state index in [-0.39, 0.29) is 16.8 Å². The lowest BCUT2D eigenvalue weighted by molar-refractivity contribution is -0.112. The lowest BCUT2D eigenvalue weighted by Gasteiger charge is -2.11. The van der Waals surface area contributed by atoms with Gasteiger partial charge in [-0.2, -0.15) is 5.26 Å². The number of nitrogens with one attached hydrogen (secondary N) is 2.